The summed E-state index contributed by atoms with van der Waals surface area (Å²) in [7, 11) is 1.30. The second-order valence-corrected chi connectivity index (χ2v) is 4.45. The number of halogens is 2. The van der Waals surface area contributed by atoms with Gasteiger partial charge >= 0.3 is 12.6 Å². The van der Waals surface area contributed by atoms with Gasteiger partial charge in [-0.3, -0.25) is 0 Å². The summed E-state index contributed by atoms with van der Waals surface area (Å²) in [6.45, 7) is -0.795. The fourth-order valence-corrected chi connectivity index (χ4v) is 1.66. The second-order valence-electron chi connectivity index (χ2n) is 4.45. The smallest absolute Gasteiger partial charge is 0.387 e. The molecular formula is C16H17F2NO4. The Bertz CT molecular complexity index is 609. The van der Waals surface area contributed by atoms with Gasteiger partial charge in [0.05, 0.1) is 13.7 Å². The molecule has 0 saturated carbocycles. The van der Waals surface area contributed by atoms with Crippen molar-refractivity contribution in [1.82, 2.24) is 0 Å². The Morgan fingerprint density at radius 3 is 2.70 bits per heavy atom. The second kappa shape index (κ2) is 9.41. The highest BCUT2D eigenvalue weighted by Gasteiger charge is 2.13. The van der Waals surface area contributed by atoms with Crippen molar-refractivity contribution in [2.75, 3.05) is 13.7 Å². The number of unbranched alkanes of at least 4 members (excludes halogenated alkanes) is 1. The number of hydrogen-bond donors (Lipinski definition) is 0. The van der Waals surface area contributed by atoms with E-state index < -0.39 is 12.6 Å². The first-order valence-electron chi connectivity index (χ1n) is 6.93. The van der Waals surface area contributed by atoms with Crippen LogP contribution in [0.3, 0.4) is 0 Å². The number of esters is 1. The van der Waals surface area contributed by atoms with E-state index in [1.165, 1.54) is 31.4 Å². The lowest BCUT2D eigenvalue weighted by molar-refractivity contribution is -0.138. The molecule has 7 heteroatoms. The zero-order valence-electron chi connectivity index (χ0n) is 12.8. The molecule has 0 unspecified atom stereocenters. The SMILES string of the molecule is CCCCOC(=O)/C(C#N)=C\c1ccc(OC(F)F)c(OC)c1. The average Bonchev–Trinajstić information content (AvgIpc) is 2.53. The number of carbonyl (C=O) groups excluding carboxylic acids is 1. The molecule has 0 aromatic heterocycles. The number of nitriles is 1. The van der Waals surface area contributed by atoms with Gasteiger partial charge in [-0.25, -0.2) is 4.79 Å². The van der Waals surface area contributed by atoms with Crippen molar-refractivity contribution in [3.8, 4) is 17.6 Å². The van der Waals surface area contributed by atoms with Gasteiger partial charge in [0.25, 0.3) is 0 Å². The fourth-order valence-electron chi connectivity index (χ4n) is 1.66. The van der Waals surface area contributed by atoms with Gasteiger partial charge in [0, 0.05) is 0 Å². The zero-order chi connectivity index (χ0) is 17.2. The Labute approximate surface area is 133 Å². The summed E-state index contributed by atoms with van der Waals surface area (Å²) in [5, 5.41) is 9.04. The molecule has 0 amide bonds. The van der Waals surface area contributed by atoms with E-state index in [1.54, 1.807) is 6.07 Å². The van der Waals surface area contributed by atoms with Gasteiger partial charge in [0.1, 0.15) is 11.6 Å². The standard InChI is InChI=1S/C16H17F2NO4/c1-3-4-7-22-15(20)12(10-19)8-11-5-6-13(23-16(17)18)14(9-11)21-2/h5-6,8-9,16H,3-4,7H2,1-2H3/b12-8-. The molecule has 0 fully saturated rings. The van der Waals surface area contributed by atoms with Crippen LogP contribution < -0.4 is 9.47 Å². The van der Waals surface area contributed by atoms with Crippen molar-refractivity contribution in [1.29, 1.82) is 5.26 Å². The van der Waals surface area contributed by atoms with Crippen LogP contribution in [0, 0.1) is 11.3 Å². The first-order chi connectivity index (χ1) is 11.0. The predicted molar refractivity (Wildman–Crippen MR) is 79.1 cm³/mol. The summed E-state index contributed by atoms with van der Waals surface area (Å²) in [5.41, 5.74) is 0.234. The topological polar surface area (TPSA) is 68.6 Å². The van der Waals surface area contributed by atoms with Crippen LogP contribution in [-0.2, 0) is 9.53 Å². The first-order valence-corrected chi connectivity index (χ1v) is 6.93. The fraction of sp³-hybridized carbons (Fsp3) is 0.375. The van der Waals surface area contributed by atoms with Crippen LogP contribution in [-0.4, -0.2) is 26.3 Å². The van der Waals surface area contributed by atoms with Gasteiger partial charge in [-0.2, -0.15) is 14.0 Å². The van der Waals surface area contributed by atoms with Gasteiger partial charge in [0.2, 0.25) is 0 Å². The minimum Gasteiger partial charge on any atom is -0.493 e. The van der Waals surface area contributed by atoms with E-state index in [2.05, 4.69) is 4.74 Å². The van der Waals surface area contributed by atoms with Crippen LogP contribution in [0.4, 0.5) is 8.78 Å². The predicted octanol–water partition coefficient (Wildman–Crippen LogP) is 3.55. The number of carbonyl (C=O) groups is 1. The third kappa shape index (κ3) is 5.94. The summed E-state index contributed by atoms with van der Waals surface area (Å²) in [6, 6.07) is 5.84. The summed E-state index contributed by atoms with van der Waals surface area (Å²) >= 11 is 0. The van der Waals surface area contributed by atoms with Crippen LogP contribution in [0.15, 0.2) is 23.8 Å². The van der Waals surface area contributed by atoms with Gasteiger partial charge < -0.3 is 14.2 Å². The molecule has 5 nitrogen and oxygen atoms in total. The monoisotopic (exact) mass is 325 g/mol. The van der Waals surface area contributed by atoms with Gasteiger partial charge in [-0.15, -0.1) is 0 Å². The Kier molecular flexibility index (Phi) is 7.54. The molecule has 0 bridgehead atoms. The molecule has 1 aromatic rings. The van der Waals surface area contributed by atoms with Gasteiger partial charge in [-0.05, 0) is 30.2 Å². The minimum absolute atomic E-state index is 0.0655. The van der Waals surface area contributed by atoms with Crippen LogP contribution in [0.25, 0.3) is 6.08 Å². The molecule has 0 radical (unpaired) electrons. The van der Waals surface area contributed by atoms with E-state index in [9.17, 15) is 13.6 Å². The Morgan fingerprint density at radius 1 is 1.39 bits per heavy atom. The highest BCUT2D eigenvalue weighted by Crippen LogP contribution is 2.30. The molecule has 0 saturated heterocycles. The van der Waals surface area contributed by atoms with E-state index in [4.69, 9.17) is 14.7 Å². The number of rotatable bonds is 8. The normalized spacial score (nSPS) is 11.0. The van der Waals surface area contributed by atoms with Crippen LogP contribution in [0.2, 0.25) is 0 Å². The van der Waals surface area contributed by atoms with Crippen molar-refractivity contribution in [3.05, 3.63) is 29.3 Å². The third-order valence-electron chi connectivity index (χ3n) is 2.79. The van der Waals surface area contributed by atoms with Crippen molar-refractivity contribution in [2.45, 2.75) is 26.4 Å². The van der Waals surface area contributed by atoms with Crippen molar-refractivity contribution in [2.24, 2.45) is 0 Å². The van der Waals surface area contributed by atoms with E-state index in [0.29, 0.717) is 12.0 Å². The number of benzene rings is 1. The highest BCUT2D eigenvalue weighted by molar-refractivity contribution is 5.97. The highest BCUT2D eigenvalue weighted by atomic mass is 19.3. The largest absolute Gasteiger partial charge is 0.493 e. The van der Waals surface area contributed by atoms with E-state index in [0.717, 1.165) is 6.42 Å². The molecular weight excluding hydrogens is 308 g/mol. The summed E-state index contributed by atoms with van der Waals surface area (Å²) in [4.78, 5) is 11.8. The Morgan fingerprint density at radius 2 is 2.13 bits per heavy atom. The molecule has 1 aromatic carbocycles. The van der Waals surface area contributed by atoms with Gasteiger partial charge in [-0.1, -0.05) is 19.4 Å². The molecule has 0 aliphatic rings. The molecule has 0 atom stereocenters. The number of nitrogens with zero attached hydrogens (tertiary/aromatic N) is 1. The number of ether oxygens (including phenoxy) is 3. The van der Waals surface area contributed by atoms with E-state index in [-0.39, 0.29) is 23.7 Å². The maximum absolute atomic E-state index is 12.3. The molecule has 0 N–H and O–H groups in total. The lowest BCUT2D eigenvalue weighted by Gasteiger charge is -2.10. The number of hydrogen-bond acceptors (Lipinski definition) is 5. The van der Waals surface area contributed by atoms with Crippen molar-refractivity contribution < 1.29 is 27.8 Å². The lowest BCUT2D eigenvalue weighted by Crippen LogP contribution is -2.08. The molecule has 0 spiro atoms. The molecule has 23 heavy (non-hydrogen) atoms. The maximum Gasteiger partial charge on any atom is 0.387 e. The Hall–Kier alpha value is -2.62. The summed E-state index contributed by atoms with van der Waals surface area (Å²) in [6.07, 6.45) is 2.86. The molecule has 0 aliphatic heterocycles. The minimum atomic E-state index is -2.98. The quantitative estimate of drug-likeness (QED) is 0.316. The lowest BCUT2D eigenvalue weighted by atomic mass is 10.1. The Balaban J connectivity index is 2.96. The molecule has 124 valence electrons. The maximum atomic E-state index is 12.3. The van der Waals surface area contributed by atoms with Crippen molar-refractivity contribution in [3.63, 3.8) is 0 Å². The van der Waals surface area contributed by atoms with E-state index >= 15 is 0 Å². The van der Waals surface area contributed by atoms with Crippen LogP contribution in [0.5, 0.6) is 11.5 Å². The van der Waals surface area contributed by atoms with Crippen LogP contribution in [0.1, 0.15) is 25.3 Å². The number of methoxy groups -OCH3 is 1. The number of alkyl halides is 2. The van der Waals surface area contributed by atoms with Crippen LogP contribution >= 0.6 is 0 Å². The molecule has 0 aliphatic carbocycles. The zero-order valence-corrected chi connectivity index (χ0v) is 12.8. The van der Waals surface area contributed by atoms with Gasteiger partial charge in [0.15, 0.2) is 11.5 Å². The molecule has 0 heterocycles. The van der Waals surface area contributed by atoms with E-state index in [1.807, 2.05) is 6.92 Å². The average molecular weight is 325 g/mol. The molecule has 1 rings (SSSR count). The van der Waals surface area contributed by atoms with Crippen molar-refractivity contribution >= 4 is 12.0 Å². The third-order valence-corrected chi connectivity index (χ3v) is 2.79. The first kappa shape index (κ1) is 18.4. The summed E-state index contributed by atoms with van der Waals surface area (Å²) in [5.74, 6) is -0.799. The summed E-state index contributed by atoms with van der Waals surface area (Å²) < 4.78 is 38.7.